The number of nitrogens with zero attached hydrogens (tertiary/aromatic N) is 3. The predicted octanol–water partition coefficient (Wildman–Crippen LogP) is 5.53. The third kappa shape index (κ3) is 3.33. The molecule has 1 aromatic carbocycles. The molecule has 4 rings (SSSR count). The number of thiophene rings is 1. The van der Waals surface area contributed by atoms with Crippen LogP contribution < -0.4 is 5.56 Å². The van der Waals surface area contributed by atoms with Gasteiger partial charge in [-0.1, -0.05) is 36.2 Å². The van der Waals surface area contributed by atoms with Crippen molar-refractivity contribution in [3.8, 4) is 5.69 Å². The van der Waals surface area contributed by atoms with Gasteiger partial charge in [0.1, 0.15) is 4.83 Å². The normalized spacial score (nSPS) is 11.4. The summed E-state index contributed by atoms with van der Waals surface area (Å²) in [7, 11) is 0. The van der Waals surface area contributed by atoms with Crippen LogP contribution in [0.2, 0.25) is 10.0 Å². The monoisotopic (exact) mass is 450 g/mol. The number of aromatic amines is 1. The first-order valence-electron chi connectivity index (χ1n) is 8.63. The van der Waals surface area contributed by atoms with Gasteiger partial charge in [0.15, 0.2) is 4.77 Å². The minimum atomic E-state index is -0.121. The van der Waals surface area contributed by atoms with Gasteiger partial charge >= 0.3 is 0 Å². The standard InChI is InChI=1S/C19H16Cl2N4OS2/c1-3-14-10(2)28-17-16(14)18(26)25(19(27)23-17)13-7-22-24(9-13)8-11-4-5-12(20)6-15(11)21/h4-7,9H,3,8H2,1-2H3,(H,23,27). The van der Waals surface area contributed by atoms with Crippen molar-refractivity contribution in [1.82, 2.24) is 19.3 Å². The second-order valence-corrected chi connectivity index (χ2v) is 8.85. The molecule has 0 saturated carbocycles. The zero-order valence-electron chi connectivity index (χ0n) is 15.1. The van der Waals surface area contributed by atoms with Crippen molar-refractivity contribution >= 4 is 57.0 Å². The summed E-state index contributed by atoms with van der Waals surface area (Å²) < 4.78 is 3.57. The Hall–Kier alpha value is -1.93. The largest absolute Gasteiger partial charge is 0.323 e. The third-order valence-electron chi connectivity index (χ3n) is 4.63. The van der Waals surface area contributed by atoms with Crippen molar-refractivity contribution in [2.45, 2.75) is 26.8 Å². The number of H-pyrrole nitrogens is 1. The summed E-state index contributed by atoms with van der Waals surface area (Å²) in [5.74, 6) is 0. The molecule has 0 aliphatic heterocycles. The van der Waals surface area contributed by atoms with Crippen LogP contribution in [0, 0.1) is 11.7 Å². The van der Waals surface area contributed by atoms with Crippen LogP contribution in [0.25, 0.3) is 15.9 Å². The first kappa shape index (κ1) is 19.4. The van der Waals surface area contributed by atoms with E-state index < -0.39 is 0 Å². The maximum atomic E-state index is 13.2. The van der Waals surface area contributed by atoms with E-state index in [-0.39, 0.29) is 5.56 Å². The Labute approximate surface area is 180 Å². The summed E-state index contributed by atoms with van der Waals surface area (Å²) in [4.78, 5) is 18.4. The van der Waals surface area contributed by atoms with E-state index in [9.17, 15) is 4.79 Å². The Morgan fingerprint density at radius 1 is 1.32 bits per heavy atom. The van der Waals surface area contributed by atoms with Crippen LogP contribution >= 0.6 is 46.8 Å². The minimum absolute atomic E-state index is 0.121. The molecule has 0 fully saturated rings. The second-order valence-electron chi connectivity index (χ2n) is 6.40. The number of aromatic nitrogens is 4. The fraction of sp³-hybridized carbons (Fsp3) is 0.211. The first-order valence-corrected chi connectivity index (χ1v) is 10.6. The van der Waals surface area contributed by atoms with Crippen molar-refractivity contribution in [3.63, 3.8) is 0 Å². The fourth-order valence-corrected chi connectivity index (χ4v) is 5.25. The van der Waals surface area contributed by atoms with Gasteiger partial charge in [-0.2, -0.15) is 5.10 Å². The lowest BCUT2D eigenvalue weighted by Crippen LogP contribution is -2.20. The molecule has 3 heterocycles. The van der Waals surface area contributed by atoms with Crippen LogP contribution in [-0.2, 0) is 13.0 Å². The lowest BCUT2D eigenvalue weighted by molar-refractivity contribution is 0.686. The number of nitrogens with one attached hydrogen (secondary N) is 1. The summed E-state index contributed by atoms with van der Waals surface area (Å²) in [6, 6.07) is 5.34. The number of benzene rings is 1. The molecule has 0 bridgehead atoms. The number of fused-ring (bicyclic) bond motifs is 1. The number of halogens is 2. The first-order chi connectivity index (χ1) is 13.4. The van der Waals surface area contributed by atoms with Crippen LogP contribution in [0.3, 0.4) is 0 Å². The summed E-state index contributed by atoms with van der Waals surface area (Å²) in [5.41, 5.74) is 2.44. The highest BCUT2D eigenvalue weighted by molar-refractivity contribution is 7.71. The Morgan fingerprint density at radius 2 is 2.11 bits per heavy atom. The summed E-state index contributed by atoms with van der Waals surface area (Å²) >= 11 is 19.2. The average molecular weight is 451 g/mol. The summed E-state index contributed by atoms with van der Waals surface area (Å²) in [5, 5.41) is 6.22. The predicted molar refractivity (Wildman–Crippen MR) is 118 cm³/mol. The van der Waals surface area contributed by atoms with E-state index in [1.54, 1.807) is 40.5 Å². The van der Waals surface area contributed by atoms with E-state index in [1.165, 1.54) is 4.57 Å². The van der Waals surface area contributed by atoms with Gasteiger partial charge in [-0.15, -0.1) is 11.3 Å². The van der Waals surface area contributed by atoms with Crippen LogP contribution in [0.1, 0.15) is 22.9 Å². The molecule has 9 heteroatoms. The smallest absolute Gasteiger partial charge is 0.268 e. The van der Waals surface area contributed by atoms with Crippen molar-refractivity contribution in [2.75, 3.05) is 0 Å². The van der Waals surface area contributed by atoms with Crippen LogP contribution in [0.4, 0.5) is 0 Å². The molecule has 28 heavy (non-hydrogen) atoms. The van der Waals surface area contributed by atoms with Gasteiger partial charge < -0.3 is 4.98 Å². The maximum absolute atomic E-state index is 13.2. The molecule has 0 aliphatic carbocycles. The van der Waals surface area contributed by atoms with Crippen LogP contribution in [0.15, 0.2) is 35.4 Å². The summed E-state index contributed by atoms with van der Waals surface area (Å²) in [6.45, 7) is 4.53. The van der Waals surface area contributed by atoms with Gasteiger partial charge in [0.25, 0.3) is 5.56 Å². The molecule has 0 unspecified atom stereocenters. The Balaban J connectivity index is 1.79. The number of hydrogen-bond acceptors (Lipinski definition) is 4. The van der Waals surface area contributed by atoms with Crippen molar-refractivity contribution in [2.24, 2.45) is 0 Å². The molecule has 5 nitrogen and oxygen atoms in total. The molecule has 0 saturated heterocycles. The van der Waals surface area contributed by atoms with E-state index in [4.69, 9.17) is 35.4 Å². The quantitative estimate of drug-likeness (QED) is 0.415. The van der Waals surface area contributed by atoms with E-state index in [1.807, 2.05) is 19.9 Å². The Kier molecular flexibility index (Phi) is 5.18. The molecule has 3 aromatic heterocycles. The third-order valence-corrected chi connectivity index (χ3v) is 6.56. The zero-order valence-corrected chi connectivity index (χ0v) is 18.3. The van der Waals surface area contributed by atoms with E-state index in [2.05, 4.69) is 10.1 Å². The van der Waals surface area contributed by atoms with E-state index in [0.717, 1.165) is 27.3 Å². The van der Waals surface area contributed by atoms with Crippen LogP contribution in [0.5, 0.6) is 0 Å². The van der Waals surface area contributed by atoms with Gasteiger partial charge in [0.05, 0.1) is 23.8 Å². The molecular weight excluding hydrogens is 435 g/mol. The topological polar surface area (TPSA) is 55.6 Å². The SMILES string of the molecule is CCc1c(C)sc2[nH]c(=S)n(-c3cnn(Cc4ccc(Cl)cc4Cl)c3)c(=O)c12. The van der Waals surface area contributed by atoms with Gasteiger partial charge in [-0.05, 0) is 48.8 Å². The van der Waals surface area contributed by atoms with Crippen molar-refractivity contribution < 1.29 is 0 Å². The molecule has 144 valence electrons. The molecule has 1 N–H and O–H groups in total. The van der Waals surface area contributed by atoms with Gasteiger partial charge in [0.2, 0.25) is 0 Å². The number of aryl methyl sites for hydroxylation is 2. The average Bonchev–Trinajstić information content (AvgIpc) is 3.21. The van der Waals surface area contributed by atoms with Crippen molar-refractivity contribution in [1.29, 1.82) is 0 Å². The Morgan fingerprint density at radius 3 is 2.82 bits per heavy atom. The molecule has 0 spiro atoms. The lowest BCUT2D eigenvalue weighted by Gasteiger charge is -2.06. The van der Waals surface area contributed by atoms with Crippen molar-refractivity contribution in [3.05, 3.63) is 71.8 Å². The molecular formula is C19H16Cl2N4OS2. The molecule has 0 amide bonds. The molecule has 4 aromatic rings. The second kappa shape index (κ2) is 7.48. The number of hydrogen-bond donors (Lipinski definition) is 1. The molecule has 0 atom stereocenters. The zero-order chi connectivity index (χ0) is 20.0. The fourth-order valence-electron chi connectivity index (χ4n) is 3.29. The summed E-state index contributed by atoms with van der Waals surface area (Å²) in [6.07, 6.45) is 4.21. The molecule has 0 aliphatic rings. The maximum Gasteiger partial charge on any atom is 0.268 e. The van der Waals surface area contributed by atoms with Gasteiger partial charge in [-0.3, -0.25) is 9.48 Å². The van der Waals surface area contributed by atoms with Crippen LogP contribution in [-0.4, -0.2) is 19.3 Å². The minimum Gasteiger partial charge on any atom is -0.323 e. The van der Waals surface area contributed by atoms with Gasteiger partial charge in [-0.25, -0.2) is 4.57 Å². The number of rotatable bonds is 4. The highest BCUT2D eigenvalue weighted by Crippen LogP contribution is 2.28. The van der Waals surface area contributed by atoms with Gasteiger partial charge in [0, 0.05) is 21.1 Å². The highest BCUT2D eigenvalue weighted by atomic mass is 35.5. The molecule has 0 radical (unpaired) electrons. The van der Waals surface area contributed by atoms with E-state index in [0.29, 0.717) is 32.4 Å². The lowest BCUT2D eigenvalue weighted by atomic mass is 10.1. The highest BCUT2D eigenvalue weighted by Gasteiger charge is 2.16. The Bertz CT molecular complexity index is 1320. The van der Waals surface area contributed by atoms with E-state index >= 15 is 0 Å².